The van der Waals surface area contributed by atoms with Crippen molar-refractivity contribution in [1.82, 2.24) is 0 Å². The minimum Gasteiger partial charge on any atom is -0.466 e. The molecule has 5 nitrogen and oxygen atoms in total. The first kappa shape index (κ1) is 10.4. The fraction of sp³-hybridized carbons (Fsp3) is 0.700. The molecule has 0 aromatic carbocycles. The first-order valence-corrected chi connectivity index (χ1v) is 5.20. The second-order valence-electron chi connectivity index (χ2n) is 4.06. The normalized spacial score (nSPS) is 26.3. The first-order chi connectivity index (χ1) is 7.12. The molecule has 0 unspecified atom stereocenters. The van der Waals surface area contributed by atoms with Gasteiger partial charge in [-0.3, -0.25) is 4.99 Å². The number of hydrogen-bond acceptors (Lipinski definition) is 5. The Kier molecular flexibility index (Phi) is 2.67. The van der Waals surface area contributed by atoms with Gasteiger partial charge in [0.05, 0.1) is 12.3 Å². The Balaban J connectivity index is 2.16. The second-order valence-corrected chi connectivity index (χ2v) is 4.06. The summed E-state index contributed by atoms with van der Waals surface area (Å²) in [4.78, 5) is 4.14. The van der Waals surface area contributed by atoms with E-state index in [1.807, 2.05) is 0 Å². The molecular formula is C10H16N2O3. The maximum absolute atomic E-state index is 8.77. The monoisotopic (exact) mass is 212 g/mol. The maximum Gasteiger partial charge on any atom is 0.187 e. The molecule has 1 aliphatic heterocycles. The summed E-state index contributed by atoms with van der Waals surface area (Å²) in [5.41, 5.74) is 6.00. The molecule has 4 N–H and O–H groups in total. The maximum atomic E-state index is 8.77. The Morgan fingerprint density at radius 1 is 1.47 bits per heavy atom. The van der Waals surface area contributed by atoms with Gasteiger partial charge < -0.3 is 20.7 Å². The molecule has 0 amide bonds. The van der Waals surface area contributed by atoms with Crippen LogP contribution in [0.25, 0.3) is 0 Å². The van der Waals surface area contributed by atoms with Crippen LogP contribution < -0.4 is 5.73 Å². The minimum atomic E-state index is -1.41. The standard InChI is InChI=1S/C10H16N2O3/c11-8-5-7(12-6-9(13)14)10(15-8)3-1-2-4-10/h5,9,13-14H,1-4,6,11H2. The molecule has 1 spiro atoms. The van der Waals surface area contributed by atoms with Crippen molar-refractivity contribution in [3.63, 3.8) is 0 Å². The molecule has 1 aliphatic carbocycles. The molecule has 0 atom stereocenters. The average molecular weight is 212 g/mol. The summed E-state index contributed by atoms with van der Waals surface area (Å²) < 4.78 is 5.60. The van der Waals surface area contributed by atoms with Gasteiger partial charge in [0.15, 0.2) is 17.8 Å². The summed E-state index contributed by atoms with van der Waals surface area (Å²) >= 11 is 0. The zero-order valence-corrected chi connectivity index (χ0v) is 8.52. The Labute approximate surface area is 88.3 Å². The topological polar surface area (TPSA) is 88.1 Å². The fourth-order valence-electron chi connectivity index (χ4n) is 2.25. The van der Waals surface area contributed by atoms with Crippen molar-refractivity contribution in [2.45, 2.75) is 37.6 Å². The van der Waals surface area contributed by atoms with E-state index in [4.69, 9.17) is 20.7 Å². The zero-order valence-electron chi connectivity index (χ0n) is 8.52. The minimum absolute atomic E-state index is 0.0236. The van der Waals surface area contributed by atoms with E-state index < -0.39 is 6.29 Å². The Morgan fingerprint density at radius 2 is 2.13 bits per heavy atom. The van der Waals surface area contributed by atoms with E-state index in [2.05, 4.69) is 4.99 Å². The largest absolute Gasteiger partial charge is 0.466 e. The predicted molar refractivity (Wildman–Crippen MR) is 55.1 cm³/mol. The van der Waals surface area contributed by atoms with Gasteiger partial charge in [0.25, 0.3) is 0 Å². The quantitative estimate of drug-likeness (QED) is 0.557. The van der Waals surface area contributed by atoms with Crippen LogP contribution in [0.3, 0.4) is 0 Å². The highest BCUT2D eigenvalue weighted by Crippen LogP contribution is 2.39. The van der Waals surface area contributed by atoms with Gasteiger partial charge in [0, 0.05) is 6.08 Å². The van der Waals surface area contributed by atoms with Crippen LogP contribution in [0.15, 0.2) is 17.0 Å². The van der Waals surface area contributed by atoms with E-state index in [1.165, 1.54) is 0 Å². The number of ether oxygens (including phenoxy) is 1. The smallest absolute Gasteiger partial charge is 0.187 e. The van der Waals surface area contributed by atoms with Crippen LogP contribution in [-0.2, 0) is 4.74 Å². The molecule has 2 rings (SSSR count). The molecule has 1 saturated carbocycles. The lowest BCUT2D eigenvalue weighted by atomic mass is 9.97. The number of nitrogens with zero attached hydrogens (tertiary/aromatic N) is 1. The summed E-state index contributed by atoms with van der Waals surface area (Å²) in [6, 6.07) is 0. The van der Waals surface area contributed by atoms with E-state index in [1.54, 1.807) is 6.08 Å². The predicted octanol–water partition coefficient (Wildman–Crippen LogP) is -0.119. The number of aliphatic hydroxyl groups is 2. The van der Waals surface area contributed by atoms with Gasteiger partial charge in [-0.2, -0.15) is 0 Å². The molecular weight excluding hydrogens is 196 g/mol. The van der Waals surface area contributed by atoms with Gasteiger partial charge in [0.1, 0.15) is 0 Å². The number of nitrogens with two attached hydrogens (primary N) is 1. The number of aliphatic imine (C=N–C) groups is 1. The lowest BCUT2D eigenvalue weighted by Gasteiger charge is -2.24. The Morgan fingerprint density at radius 3 is 2.73 bits per heavy atom. The summed E-state index contributed by atoms with van der Waals surface area (Å²) in [5.74, 6) is 0.378. The van der Waals surface area contributed by atoms with Crippen LogP contribution in [0.2, 0.25) is 0 Å². The van der Waals surface area contributed by atoms with Crippen LogP contribution in [0.1, 0.15) is 25.7 Å². The molecule has 0 bridgehead atoms. The van der Waals surface area contributed by atoms with Gasteiger partial charge in [-0.1, -0.05) is 0 Å². The van der Waals surface area contributed by atoms with Crippen LogP contribution in [0.4, 0.5) is 0 Å². The van der Waals surface area contributed by atoms with E-state index in [0.29, 0.717) is 5.88 Å². The summed E-state index contributed by atoms with van der Waals surface area (Å²) in [5, 5.41) is 17.5. The third kappa shape index (κ3) is 1.98. The van der Waals surface area contributed by atoms with E-state index in [0.717, 1.165) is 31.4 Å². The SMILES string of the molecule is NC1=CC(=NCC(O)O)C2(CCCC2)O1. The molecule has 84 valence electrons. The molecule has 15 heavy (non-hydrogen) atoms. The van der Waals surface area contributed by atoms with Crippen LogP contribution in [-0.4, -0.2) is 34.4 Å². The zero-order chi connectivity index (χ0) is 10.9. The van der Waals surface area contributed by atoms with Crippen molar-refractivity contribution in [2.75, 3.05) is 6.54 Å². The summed E-state index contributed by atoms with van der Waals surface area (Å²) in [6.45, 7) is -0.0236. The van der Waals surface area contributed by atoms with Crippen LogP contribution in [0, 0.1) is 0 Å². The van der Waals surface area contributed by atoms with Crippen LogP contribution >= 0.6 is 0 Å². The highest BCUT2D eigenvalue weighted by molar-refractivity contribution is 6.04. The summed E-state index contributed by atoms with van der Waals surface area (Å²) in [6.07, 6.45) is 4.29. The van der Waals surface area contributed by atoms with Crippen molar-refractivity contribution < 1.29 is 14.9 Å². The van der Waals surface area contributed by atoms with Crippen LogP contribution in [0.5, 0.6) is 0 Å². The van der Waals surface area contributed by atoms with Crippen molar-refractivity contribution in [1.29, 1.82) is 0 Å². The molecule has 1 heterocycles. The van der Waals surface area contributed by atoms with Crippen molar-refractivity contribution in [3.8, 4) is 0 Å². The van der Waals surface area contributed by atoms with E-state index in [9.17, 15) is 0 Å². The highest BCUT2D eigenvalue weighted by Gasteiger charge is 2.44. The molecule has 0 saturated heterocycles. The second kappa shape index (κ2) is 3.83. The van der Waals surface area contributed by atoms with Gasteiger partial charge in [-0.25, -0.2) is 0 Å². The highest BCUT2D eigenvalue weighted by atomic mass is 16.5. The Hall–Kier alpha value is -1.07. The molecule has 2 aliphatic rings. The average Bonchev–Trinajstić information content (AvgIpc) is 2.72. The van der Waals surface area contributed by atoms with Gasteiger partial charge in [-0.05, 0) is 25.7 Å². The molecule has 1 fully saturated rings. The first-order valence-electron chi connectivity index (χ1n) is 5.20. The third-order valence-corrected chi connectivity index (χ3v) is 2.90. The number of aliphatic hydroxyl groups excluding tert-OH is 1. The molecule has 5 heteroatoms. The van der Waals surface area contributed by atoms with E-state index in [-0.39, 0.29) is 12.1 Å². The van der Waals surface area contributed by atoms with Gasteiger partial charge in [0.2, 0.25) is 0 Å². The van der Waals surface area contributed by atoms with Crippen molar-refractivity contribution in [2.24, 2.45) is 10.7 Å². The lowest BCUT2D eigenvalue weighted by molar-refractivity contribution is -0.0307. The Bertz CT molecular complexity index is 304. The molecule has 0 radical (unpaired) electrons. The summed E-state index contributed by atoms with van der Waals surface area (Å²) in [7, 11) is 0. The number of rotatable bonds is 2. The fourth-order valence-corrected chi connectivity index (χ4v) is 2.25. The van der Waals surface area contributed by atoms with E-state index >= 15 is 0 Å². The molecule has 0 aromatic rings. The molecule has 0 aromatic heterocycles. The number of hydrogen-bond donors (Lipinski definition) is 3. The van der Waals surface area contributed by atoms with Crippen molar-refractivity contribution in [3.05, 3.63) is 12.0 Å². The van der Waals surface area contributed by atoms with Gasteiger partial charge >= 0.3 is 0 Å². The third-order valence-electron chi connectivity index (χ3n) is 2.90. The van der Waals surface area contributed by atoms with Crippen molar-refractivity contribution >= 4 is 5.71 Å². The van der Waals surface area contributed by atoms with Gasteiger partial charge in [-0.15, -0.1) is 0 Å². The lowest BCUT2D eigenvalue weighted by Crippen LogP contribution is -2.34.